The lowest BCUT2D eigenvalue weighted by molar-refractivity contribution is -0.147. The number of aliphatic carboxylic acids is 1. The molecule has 4 rings (SSSR count). The summed E-state index contributed by atoms with van der Waals surface area (Å²) in [7, 11) is 0. The van der Waals surface area contributed by atoms with E-state index in [1.807, 2.05) is 44.2 Å². The second-order valence-electron chi connectivity index (χ2n) is 10.2. The lowest BCUT2D eigenvalue weighted by Crippen LogP contribution is -2.56. The van der Waals surface area contributed by atoms with Gasteiger partial charge in [-0.1, -0.05) is 62.7 Å². The molecule has 1 aliphatic heterocycles. The van der Waals surface area contributed by atoms with Gasteiger partial charge in [0.15, 0.2) is 0 Å². The first-order valence-electron chi connectivity index (χ1n) is 13.3. The molecule has 0 spiro atoms. The number of hydrogen-bond acceptors (Lipinski definition) is 5. The van der Waals surface area contributed by atoms with Crippen molar-refractivity contribution >= 4 is 28.7 Å². The second kappa shape index (κ2) is 12.1. The predicted octanol–water partition coefficient (Wildman–Crippen LogP) is 2.33. The van der Waals surface area contributed by atoms with Gasteiger partial charge in [-0.05, 0) is 36.5 Å². The first kappa shape index (κ1) is 27.8. The number of piperidine rings is 1. The summed E-state index contributed by atoms with van der Waals surface area (Å²) in [6.07, 6.45) is 1.36. The Kier molecular flexibility index (Phi) is 8.63. The highest BCUT2D eigenvalue weighted by Gasteiger charge is 2.36. The molecule has 3 N–H and O–H groups in total. The van der Waals surface area contributed by atoms with Crippen molar-refractivity contribution in [1.29, 1.82) is 0 Å². The van der Waals surface area contributed by atoms with Crippen LogP contribution in [-0.2, 0) is 20.8 Å². The Balaban J connectivity index is 1.68. The number of carboxylic acids is 1. The molecular weight excluding hydrogens is 500 g/mol. The van der Waals surface area contributed by atoms with Crippen molar-refractivity contribution in [3.63, 3.8) is 0 Å². The van der Waals surface area contributed by atoms with E-state index < -0.39 is 41.1 Å². The third kappa shape index (κ3) is 6.10. The quantitative estimate of drug-likeness (QED) is 0.385. The standard InChI is InChI=1S/C29H34N4O6/c1-3-18(2)24(27(36)32-15-13-20(14-16-32)28(37)38)31-25(34)23(17-19-9-5-4-6-10-19)33-26(35)21-11-7-8-12-22(21)30-29(33)39/h4-12,18,20,23-24H,3,13-17H2,1-2H3,(H,30,39)(H,31,34)(H,37,38)/t18-,23+,24+/m1/s1. The minimum absolute atomic E-state index is 0.0689. The summed E-state index contributed by atoms with van der Waals surface area (Å²) in [6.45, 7) is 4.34. The van der Waals surface area contributed by atoms with Gasteiger partial charge < -0.3 is 20.3 Å². The van der Waals surface area contributed by atoms with E-state index in [0.29, 0.717) is 24.8 Å². The van der Waals surface area contributed by atoms with Gasteiger partial charge in [0.1, 0.15) is 12.1 Å². The zero-order chi connectivity index (χ0) is 28.1. The van der Waals surface area contributed by atoms with Crippen molar-refractivity contribution < 1.29 is 19.5 Å². The van der Waals surface area contributed by atoms with Crippen LogP contribution in [0, 0.1) is 11.8 Å². The molecule has 0 bridgehead atoms. The maximum Gasteiger partial charge on any atom is 0.329 e. The molecule has 1 fully saturated rings. The smallest absolute Gasteiger partial charge is 0.329 e. The van der Waals surface area contributed by atoms with Crippen molar-refractivity contribution in [2.75, 3.05) is 13.1 Å². The molecule has 3 aromatic rings. The number of carbonyl (C=O) groups is 3. The third-order valence-electron chi connectivity index (χ3n) is 7.66. The fourth-order valence-corrected chi connectivity index (χ4v) is 5.07. The molecule has 2 amide bonds. The van der Waals surface area contributed by atoms with Crippen molar-refractivity contribution in [2.24, 2.45) is 11.8 Å². The van der Waals surface area contributed by atoms with Crippen LogP contribution < -0.4 is 16.6 Å². The number of benzene rings is 2. The van der Waals surface area contributed by atoms with Crippen LogP contribution in [0.3, 0.4) is 0 Å². The molecule has 0 radical (unpaired) electrons. The largest absolute Gasteiger partial charge is 0.481 e. The van der Waals surface area contributed by atoms with Gasteiger partial charge in [0, 0.05) is 19.5 Å². The van der Waals surface area contributed by atoms with Crippen LogP contribution in [0.15, 0.2) is 64.2 Å². The van der Waals surface area contributed by atoms with E-state index in [0.717, 1.165) is 10.1 Å². The van der Waals surface area contributed by atoms with Gasteiger partial charge in [-0.2, -0.15) is 0 Å². The summed E-state index contributed by atoms with van der Waals surface area (Å²) in [5.41, 5.74) is -0.177. The van der Waals surface area contributed by atoms with E-state index in [1.165, 1.54) is 0 Å². The summed E-state index contributed by atoms with van der Waals surface area (Å²) in [4.78, 5) is 69.7. The predicted molar refractivity (Wildman–Crippen MR) is 146 cm³/mol. The number of para-hydroxylation sites is 1. The normalized spacial score (nSPS) is 16.4. The summed E-state index contributed by atoms with van der Waals surface area (Å²) in [6, 6.07) is 13.6. The number of rotatable bonds is 9. The molecule has 10 heteroatoms. The van der Waals surface area contributed by atoms with Crippen molar-refractivity contribution in [2.45, 2.75) is 51.6 Å². The second-order valence-corrected chi connectivity index (χ2v) is 10.2. The molecule has 1 aromatic heterocycles. The fourth-order valence-electron chi connectivity index (χ4n) is 5.07. The minimum atomic E-state index is -1.20. The number of carbonyl (C=O) groups excluding carboxylic acids is 2. The average Bonchev–Trinajstić information content (AvgIpc) is 2.95. The Hall–Kier alpha value is -4.21. The maximum absolute atomic E-state index is 13.9. The molecule has 0 unspecified atom stereocenters. The number of amides is 2. The number of aromatic amines is 1. The van der Waals surface area contributed by atoms with Gasteiger partial charge in [-0.15, -0.1) is 0 Å². The molecule has 0 aliphatic carbocycles. The Bertz CT molecular complexity index is 1460. The van der Waals surface area contributed by atoms with Crippen LogP contribution in [0.4, 0.5) is 0 Å². The molecular formula is C29H34N4O6. The average molecular weight is 535 g/mol. The van der Waals surface area contributed by atoms with Crippen LogP contribution in [0.2, 0.25) is 0 Å². The Morgan fingerprint density at radius 1 is 1.03 bits per heavy atom. The Morgan fingerprint density at radius 2 is 1.67 bits per heavy atom. The summed E-state index contributed by atoms with van der Waals surface area (Å²) in [5.74, 6) is -2.50. The Morgan fingerprint density at radius 3 is 2.31 bits per heavy atom. The van der Waals surface area contributed by atoms with Gasteiger partial charge in [0.05, 0.1) is 16.8 Å². The monoisotopic (exact) mass is 534 g/mol. The van der Waals surface area contributed by atoms with E-state index in [9.17, 15) is 29.1 Å². The number of nitrogens with one attached hydrogen (secondary N) is 2. The highest BCUT2D eigenvalue weighted by molar-refractivity contribution is 5.90. The van der Waals surface area contributed by atoms with Gasteiger partial charge in [-0.25, -0.2) is 9.36 Å². The highest BCUT2D eigenvalue weighted by Crippen LogP contribution is 2.21. The molecule has 39 heavy (non-hydrogen) atoms. The number of nitrogens with zero attached hydrogens (tertiary/aromatic N) is 2. The molecule has 206 valence electrons. The van der Waals surface area contributed by atoms with Crippen LogP contribution in [-0.4, -0.2) is 56.5 Å². The van der Waals surface area contributed by atoms with Gasteiger partial charge in [0.25, 0.3) is 5.56 Å². The lowest BCUT2D eigenvalue weighted by Gasteiger charge is -2.35. The SMILES string of the molecule is CC[C@@H](C)[C@H](NC(=O)[C@H](Cc1ccccc1)n1c(=O)[nH]c2ccccc2c1=O)C(=O)N1CCC(C(=O)O)CC1. The highest BCUT2D eigenvalue weighted by atomic mass is 16.4. The molecule has 2 aromatic carbocycles. The first-order valence-corrected chi connectivity index (χ1v) is 13.3. The van der Waals surface area contributed by atoms with E-state index in [2.05, 4.69) is 10.3 Å². The summed E-state index contributed by atoms with van der Waals surface area (Å²) in [5, 5.41) is 12.4. The summed E-state index contributed by atoms with van der Waals surface area (Å²) < 4.78 is 0.932. The molecule has 2 heterocycles. The topological polar surface area (TPSA) is 142 Å². The first-order chi connectivity index (χ1) is 18.7. The number of carboxylic acid groups (broad SMARTS) is 1. The van der Waals surface area contributed by atoms with Crippen LogP contribution in [0.5, 0.6) is 0 Å². The van der Waals surface area contributed by atoms with E-state index >= 15 is 0 Å². The van der Waals surface area contributed by atoms with E-state index in [4.69, 9.17) is 0 Å². The molecule has 1 aliphatic rings. The van der Waals surface area contributed by atoms with Gasteiger partial charge >= 0.3 is 11.7 Å². The van der Waals surface area contributed by atoms with E-state index in [1.54, 1.807) is 29.2 Å². The van der Waals surface area contributed by atoms with Crippen molar-refractivity contribution in [3.8, 4) is 0 Å². The zero-order valence-corrected chi connectivity index (χ0v) is 22.1. The molecule has 0 saturated carbocycles. The maximum atomic E-state index is 13.9. The minimum Gasteiger partial charge on any atom is -0.481 e. The number of fused-ring (bicyclic) bond motifs is 1. The molecule has 1 saturated heterocycles. The van der Waals surface area contributed by atoms with Crippen LogP contribution >= 0.6 is 0 Å². The number of H-pyrrole nitrogens is 1. The third-order valence-corrected chi connectivity index (χ3v) is 7.66. The number of likely N-dealkylation sites (tertiary alicyclic amines) is 1. The molecule has 10 nitrogen and oxygen atoms in total. The zero-order valence-electron chi connectivity index (χ0n) is 22.1. The number of hydrogen-bond donors (Lipinski definition) is 3. The van der Waals surface area contributed by atoms with Gasteiger partial charge in [-0.3, -0.25) is 19.2 Å². The van der Waals surface area contributed by atoms with Crippen molar-refractivity contribution in [3.05, 3.63) is 81.0 Å². The summed E-state index contributed by atoms with van der Waals surface area (Å²) >= 11 is 0. The van der Waals surface area contributed by atoms with E-state index in [-0.39, 0.29) is 36.7 Å². The van der Waals surface area contributed by atoms with Gasteiger partial charge in [0.2, 0.25) is 11.8 Å². The molecule has 3 atom stereocenters. The van der Waals surface area contributed by atoms with Crippen LogP contribution in [0.1, 0.15) is 44.7 Å². The number of aromatic nitrogens is 2. The Labute approximate surface area is 225 Å². The lowest BCUT2D eigenvalue weighted by atomic mass is 9.93. The van der Waals surface area contributed by atoms with Crippen molar-refractivity contribution in [1.82, 2.24) is 19.8 Å². The fraction of sp³-hybridized carbons (Fsp3) is 0.414. The van der Waals surface area contributed by atoms with Crippen LogP contribution in [0.25, 0.3) is 10.9 Å².